The van der Waals surface area contributed by atoms with Gasteiger partial charge in [0.05, 0.1) is 7.11 Å². The van der Waals surface area contributed by atoms with Gasteiger partial charge in [-0.1, -0.05) is 29.8 Å². The Morgan fingerprint density at radius 2 is 1.89 bits per heavy atom. The molecular formula is C16H16O2S. The van der Waals surface area contributed by atoms with Crippen molar-refractivity contribution in [3.05, 3.63) is 59.2 Å². The number of carbonyl (C=O) groups excluding carboxylic acids is 1. The second-order valence-electron chi connectivity index (χ2n) is 4.29. The molecule has 3 heteroatoms. The maximum atomic E-state index is 10.6. The molecule has 0 aliphatic carbocycles. The van der Waals surface area contributed by atoms with Gasteiger partial charge in [0.2, 0.25) is 0 Å². The lowest BCUT2D eigenvalue weighted by molar-refractivity contribution is 0.112. The Morgan fingerprint density at radius 1 is 1.16 bits per heavy atom. The van der Waals surface area contributed by atoms with Crippen LogP contribution in [0.4, 0.5) is 0 Å². The zero-order valence-electron chi connectivity index (χ0n) is 11.1. The molecule has 0 aliphatic rings. The smallest absolute Gasteiger partial charge is 0.150 e. The summed E-state index contributed by atoms with van der Waals surface area (Å²) in [6.07, 6.45) is 0.859. The van der Waals surface area contributed by atoms with Gasteiger partial charge >= 0.3 is 0 Å². The lowest BCUT2D eigenvalue weighted by Crippen LogP contribution is -1.91. The molecule has 0 N–H and O–H groups in total. The minimum atomic E-state index is 0.706. The average molecular weight is 272 g/mol. The fraction of sp³-hybridized carbons (Fsp3) is 0.188. The monoisotopic (exact) mass is 272 g/mol. The van der Waals surface area contributed by atoms with Crippen LogP contribution in [0.5, 0.6) is 5.75 Å². The highest BCUT2D eigenvalue weighted by molar-refractivity contribution is 7.98. The zero-order chi connectivity index (χ0) is 13.7. The van der Waals surface area contributed by atoms with Crippen LogP contribution < -0.4 is 4.74 Å². The SMILES string of the molecule is COc1ccc(C)cc1CSc1ccc(C=O)cc1. The van der Waals surface area contributed by atoms with Crippen LogP contribution in [0.1, 0.15) is 21.5 Å². The van der Waals surface area contributed by atoms with Crippen molar-refractivity contribution in [3.8, 4) is 5.75 Å². The molecule has 2 rings (SSSR count). The number of thioether (sulfide) groups is 1. The first-order chi connectivity index (χ1) is 9.22. The van der Waals surface area contributed by atoms with E-state index < -0.39 is 0 Å². The van der Waals surface area contributed by atoms with Crippen molar-refractivity contribution in [2.24, 2.45) is 0 Å². The second kappa shape index (κ2) is 6.43. The Hall–Kier alpha value is -1.74. The maximum absolute atomic E-state index is 10.6. The van der Waals surface area contributed by atoms with Crippen molar-refractivity contribution in [1.82, 2.24) is 0 Å². The topological polar surface area (TPSA) is 26.3 Å². The number of benzene rings is 2. The summed E-state index contributed by atoms with van der Waals surface area (Å²) in [5, 5.41) is 0. The Bertz CT molecular complexity index is 561. The standard InChI is InChI=1S/C16H16O2S/c1-12-3-8-16(18-2)14(9-12)11-19-15-6-4-13(10-17)5-7-15/h3-10H,11H2,1-2H3. The minimum absolute atomic E-state index is 0.706. The fourth-order valence-corrected chi connectivity index (χ4v) is 2.70. The summed E-state index contributed by atoms with van der Waals surface area (Å²) in [6, 6.07) is 13.8. The van der Waals surface area contributed by atoms with Crippen LogP contribution in [-0.4, -0.2) is 13.4 Å². The molecule has 0 fully saturated rings. The van der Waals surface area contributed by atoms with E-state index in [9.17, 15) is 4.79 Å². The molecule has 0 atom stereocenters. The summed E-state index contributed by atoms with van der Waals surface area (Å²) in [4.78, 5) is 11.7. The van der Waals surface area contributed by atoms with E-state index in [0.29, 0.717) is 5.56 Å². The summed E-state index contributed by atoms with van der Waals surface area (Å²) in [7, 11) is 1.69. The molecular weight excluding hydrogens is 256 g/mol. The molecule has 0 heterocycles. The summed E-state index contributed by atoms with van der Waals surface area (Å²) in [5.41, 5.74) is 3.12. The number of ether oxygens (including phenoxy) is 1. The molecule has 0 saturated heterocycles. The number of carbonyl (C=O) groups is 1. The van der Waals surface area contributed by atoms with Gasteiger partial charge in [0.1, 0.15) is 12.0 Å². The third kappa shape index (κ3) is 3.61. The number of hydrogen-bond donors (Lipinski definition) is 0. The molecule has 0 aliphatic heterocycles. The molecule has 2 aromatic carbocycles. The first-order valence-corrected chi connectivity index (χ1v) is 7.03. The van der Waals surface area contributed by atoms with Crippen molar-refractivity contribution in [2.75, 3.05) is 7.11 Å². The fourth-order valence-electron chi connectivity index (χ4n) is 1.82. The number of aryl methyl sites for hydroxylation is 1. The molecule has 0 aromatic heterocycles. The number of aldehydes is 1. The number of hydrogen-bond acceptors (Lipinski definition) is 3. The van der Waals surface area contributed by atoms with Gasteiger partial charge in [-0.05, 0) is 25.1 Å². The quantitative estimate of drug-likeness (QED) is 0.605. The lowest BCUT2D eigenvalue weighted by Gasteiger charge is -2.09. The van der Waals surface area contributed by atoms with Gasteiger partial charge in [-0.2, -0.15) is 0 Å². The largest absolute Gasteiger partial charge is 0.496 e. The van der Waals surface area contributed by atoms with Crippen LogP contribution in [0.25, 0.3) is 0 Å². The third-order valence-corrected chi connectivity index (χ3v) is 3.91. The molecule has 19 heavy (non-hydrogen) atoms. The van der Waals surface area contributed by atoms with Crippen molar-refractivity contribution in [2.45, 2.75) is 17.6 Å². The normalized spacial score (nSPS) is 10.2. The zero-order valence-corrected chi connectivity index (χ0v) is 11.9. The van der Waals surface area contributed by atoms with E-state index in [2.05, 4.69) is 13.0 Å². The molecule has 0 unspecified atom stereocenters. The molecule has 0 amide bonds. The molecule has 2 aromatic rings. The van der Waals surface area contributed by atoms with Gasteiger partial charge in [0.15, 0.2) is 0 Å². The third-order valence-electron chi connectivity index (χ3n) is 2.85. The highest BCUT2D eigenvalue weighted by Crippen LogP contribution is 2.28. The van der Waals surface area contributed by atoms with Crippen LogP contribution in [0.2, 0.25) is 0 Å². The van der Waals surface area contributed by atoms with Gasteiger partial charge in [-0.15, -0.1) is 11.8 Å². The van der Waals surface area contributed by atoms with Crippen LogP contribution in [0.15, 0.2) is 47.4 Å². The average Bonchev–Trinajstić information content (AvgIpc) is 2.46. The van der Waals surface area contributed by atoms with Gasteiger partial charge in [0.25, 0.3) is 0 Å². The highest BCUT2D eigenvalue weighted by Gasteiger charge is 2.04. The molecule has 98 valence electrons. The Morgan fingerprint density at radius 3 is 2.53 bits per heavy atom. The molecule has 0 spiro atoms. The van der Waals surface area contributed by atoms with Crippen molar-refractivity contribution in [1.29, 1.82) is 0 Å². The van der Waals surface area contributed by atoms with Crippen molar-refractivity contribution < 1.29 is 9.53 Å². The van der Waals surface area contributed by atoms with Crippen LogP contribution in [0.3, 0.4) is 0 Å². The van der Waals surface area contributed by atoms with Crippen LogP contribution >= 0.6 is 11.8 Å². The predicted molar refractivity (Wildman–Crippen MR) is 79.1 cm³/mol. The van der Waals surface area contributed by atoms with E-state index >= 15 is 0 Å². The van der Waals surface area contributed by atoms with Crippen molar-refractivity contribution in [3.63, 3.8) is 0 Å². The summed E-state index contributed by atoms with van der Waals surface area (Å²) < 4.78 is 5.37. The van der Waals surface area contributed by atoms with E-state index in [1.807, 2.05) is 36.4 Å². The summed E-state index contributed by atoms with van der Waals surface area (Å²) in [6.45, 7) is 2.08. The Labute approximate surface area is 117 Å². The predicted octanol–water partition coefficient (Wildman–Crippen LogP) is 4.11. The van der Waals surface area contributed by atoms with Gasteiger partial charge in [0, 0.05) is 21.8 Å². The first kappa shape index (κ1) is 13.7. The maximum Gasteiger partial charge on any atom is 0.150 e. The van der Waals surface area contributed by atoms with E-state index in [1.54, 1.807) is 18.9 Å². The first-order valence-electron chi connectivity index (χ1n) is 6.04. The van der Waals surface area contributed by atoms with Gasteiger partial charge in [-0.3, -0.25) is 4.79 Å². The summed E-state index contributed by atoms with van der Waals surface area (Å²) >= 11 is 1.74. The van der Waals surface area contributed by atoms with Crippen molar-refractivity contribution >= 4 is 18.0 Å². The van der Waals surface area contributed by atoms with Gasteiger partial charge < -0.3 is 4.74 Å². The number of rotatable bonds is 5. The van der Waals surface area contributed by atoms with Gasteiger partial charge in [-0.25, -0.2) is 0 Å². The molecule has 0 bridgehead atoms. The van der Waals surface area contributed by atoms with Crippen LogP contribution in [-0.2, 0) is 5.75 Å². The van der Waals surface area contributed by atoms with Crippen LogP contribution in [0, 0.1) is 6.92 Å². The van der Waals surface area contributed by atoms with E-state index in [1.165, 1.54) is 11.1 Å². The second-order valence-corrected chi connectivity index (χ2v) is 5.34. The lowest BCUT2D eigenvalue weighted by atomic mass is 10.1. The van der Waals surface area contributed by atoms with E-state index in [-0.39, 0.29) is 0 Å². The minimum Gasteiger partial charge on any atom is -0.496 e. The Kier molecular flexibility index (Phi) is 4.63. The summed E-state index contributed by atoms with van der Waals surface area (Å²) in [5.74, 6) is 1.77. The number of methoxy groups -OCH3 is 1. The molecule has 0 saturated carbocycles. The molecule has 2 nitrogen and oxygen atoms in total. The molecule has 0 radical (unpaired) electrons. The Balaban J connectivity index is 2.09. The highest BCUT2D eigenvalue weighted by atomic mass is 32.2. The van der Waals surface area contributed by atoms with E-state index in [4.69, 9.17) is 4.74 Å². The van der Waals surface area contributed by atoms with E-state index in [0.717, 1.165) is 22.7 Å².